The standard InChI is InChI=1S/C13H21N/c1-10-6-5-9-12(14)13(10)11-7-3-2-4-8-11/h5-6,9-11,13H,2-4,7-8,14H2,1H3/t10-,13?/m0/s1. The molecule has 1 nitrogen and oxygen atoms in total. The van der Waals surface area contributed by atoms with Gasteiger partial charge in [0.2, 0.25) is 0 Å². The molecular formula is C13H21N. The van der Waals surface area contributed by atoms with Gasteiger partial charge in [-0.3, -0.25) is 0 Å². The van der Waals surface area contributed by atoms with Crippen LogP contribution in [0.4, 0.5) is 0 Å². The van der Waals surface area contributed by atoms with Crippen LogP contribution >= 0.6 is 0 Å². The summed E-state index contributed by atoms with van der Waals surface area (Å²) in [6.07, 6.45) is 13.5. The maximum absolute atomic E-state index is 6.11. The normalized spacial score (nSPS) is 34.2. The van der Waals surface area contributed by atoms with E-state index in [0.717, 1.165) is 11.6 Å². The molecule has 2 aliphatic rings. The largest absolute Gasteiger partial charge is 0.402 e. The summed E-state index contributed by atoms with van der Waals surface area (Å²) in [6, 6.07) is 0. The minimum Gasteiger partial charge on any atom is -0.402 e. The van der Waals surface area contributed by atoms with E-state index in [1.54, 1.807) is 0 Å². The molecule has 14 heavy (non-hydrogen) atoms. The predicted octanol–water partition coefficient (Wildman–Crippen LogP) is 3.23. The van der Waals surface area contributed by atoms with E-state index < -0.39 is 0 Å². The van der Waals surface area contributed by atoms with Crippen molar-refractivity contribution in [2.75, 3.05) is 0 Å². The third kappa shape index (κ3) is 1.87. The minimum atomic E-state index is 0.625. The Morgan fingerprint density at radius 2 is 1.93 bits per heavy atom. The van der Waals surface area contributed by atoms with Crippen LogP contribution in [0.2, 0.25) is 0 Å². The van der Waals surface area contributed by atoms with Gasteiger partial charge in [0, 0.05) is 11.6 Å². The van der Waals surface area contributed by atoms with Crippen molar-refractivity contribution < 1.29 is 0 Å². The maximum atomic E-state index is 6.11. The van der Waals surface area contributed by atoms with Crippen LogP contribution in [-0.2, 0) is 0 Å². The molecule has 0 heterocycles. The van der Waals surface area contributed by atoms with Crippen molar-refractivity contribution in [2.45, 2.75) is 39.0 Å². The van der Waals surface area contributed by atoms with E-state index in [4.69, 9.17) is 5.73 Å². The Hall–Kier alpha value is -0.720. The summed E-state index contributed by atoms with van der Waals surface area (Å²) in [7, 11) is 0. The molecule has 0 bridgehead atoms. The van der Waals surface area contributed by atoms with Crippen molar-refractivity contribution in [2.24, 2.45) is 23.5 Å². The van der Waals surface area contributed by atoms with Gasteiger partial charge < -0.3 is 5.73 Å². The van der Waals surface area contributed by atoms with E-state index in [1.165, 1.54) is 32.1 Å². The molecule has 1 unspecified atom stereocenters. The van der Waals surface area contributed by atoms with Gasteiger partial charge in [-0.1, -0.05) is 38.3 Å². The zero-order valence-corrected chi connectivity index (χ0v) is 9.08. The number of allylic oxidation sites excluding steroid dienone is 4. The second-order valence-corrected chi connectivity index (χ2v) is 4.83. The van der Waals surface area contributed by atoms with E-state index in [1.807, 2.05) is 0 Å². The van der Waals surface area contributed by atoms with Crippen LogP contribution in [-0.4, -0.2) is 0 Å². The van der Waals surface area contributed by atoms with E-state index in [9.17, 15) is 0 Å². The topological polar surface area (TPSA) is 26.0 Å². The van der Waals surface area contributed by atoms with Crippen molar-refractivity contribution in [1.82, 2.24) is 0 Å². The zero-order valence-electron chi connectivity index (χ0n) is 9.08. The predicted molar refractivity (Wildman–Crippen MR) is 60.6 cm³/mol. The van der Waals surface area contributed by atoms with Gasteiger partial charge in [-0.15, -0.1) is 0 Å². The molecule has 0 spiro atoms. The molecule has 1 fully saturated rings. The third-order valence-electron chi connectivity index (χ3n) is 3.81. The molecule has 0 saturated heterocycles. The fourth-order valence-corrected chi connectivity index (χ4v) is 3.07. The molecule has 1 saturated carbocycles. The highest BCUT2D eigenvalue weighted by atomic mass is 14.6. The Morgan fingerprint density at radius 3 is 2.57 bits per heavy atom. The van der Waals surface area contributed by atoms with Crippen LogP contribution in [0.5, 0.6) is 0 Å². The summed E-state index contributed by atoms with van der Waals surface area (Å²) in [5.41, 5.74) is 7.23. The van der Waals surface area contributed by atoms with Crippen molar-refractivity contribution in [3.05, 3.63) is 23.9 Å². The van der Waals surface area contributed by atoms with Gasteiger partial charge in [0.25, 0.3) is 0 Å². The highest BCUT2D eigenvalue weighted by Crippen LogP contribution is 2.38. The average molecular weight is 191 g/mol. The maximum Gasteiger partial charge on any atom is 0.0120 e. The molecule has 2 N–H and O–H groups in total. The molecule has 2 rings (SSSR count). The smallest absolute Gasteiger partial charge is 0.0120 e. The Bertz CT molecular complexity index is 246. The van der Waals surface area contributed by atoms with Crippen LogP contribution in [0, 0.1) is 17.8 Å². The van der Waals surface area contributed by atoms with Gasteiger partial charge >= 0.3 is 0 Å². The minimum absolute atomic E-state index is 0.625. The van der Waals surface area contributed by atoms with Crippen molar-refractivity contribution in [1.29, 1.82) is 0 Å². The first kappa shape index (κ1) is 9.82. The SMILES string of the molecule is C[C@H]1C=CC=C(N)C1C1CCCCC1. The zero-order chi connectivity index (χ0) is 9.97. The van der Waals surface area contributed by atoms with E-state index in [0.29, 0.717) is 11.8 Å². The Balaban J connectivity index is 2.07. The fraction of sp³-hybridized carbons (Fsp3) is 0.692. The summed E-state index contributed by atoms with van der Waals surface area (Å²) >= 11 is 0. The molecule has 0 aromatic heterocycles. The first-order valence-electron chi connectivity index (χ1n) is 5.93. The second kappa shape index (κ2) is 4.20. The third-order valence-corrected chi connectivity index (χ3v) is 3.81. The number of hydrogen-bond acceptors (Lipinski definition) is 1. The monoisotopic (exact) mass is 191 g/mol. The van der Waals surface area contributed by atoms with Crippen LogP contribution in [0.1, 0.15) is 39.0 Å². The summed E-state index contributed by atoms with van der Waals surface area (Å²) in [6.45, 7) is 2.30. The lowest BCUT2D eigenvalue weighted by molar-refractivity contribution is 0.237. The molecule has 1 heteroatoms. The summed E-state index contributed by atoms with van der Waals surface area (Å²) < 4.78 is 0. The summed E-state index contributed by atoms with van der Waals surface area (Å²) in [4.78, 5) is 0. The van der Waals surface area contributed by atoms with Gasteiger partial charge in [0.15, 0.2) is 0 Å². The van der Waals surface area contributed by atoms with Gasteiger partial charge in [-0.2, -0.15) is 0 Å². The summed E-state index contributed by atoms with van der Waals surface area (Å²) in [5, 5.41) is 0. The molecule has 0 radical (unpaired) electrons. The highest BCUT2D eigenvalue weighted by Gasteiger charge is 2.29. The number of nitrogens with two attached hydrogens (primary N) is 1. The molecular weight excluding hydrogens is 170 g/mol. The highest BCUT2D eigenvalue weighted by molar-refractivity contribution is 5.21. The first-order chi connectivity index (χ1) is 6.79. The number of rotatable bonds is 1. The van der Waals surface area contributed by atoms with Crippen molar-refractivity contribution in [3.63, 3.8) is 0 Å². The lowest BCUT2D eigenvalue weighted by atomic mass is 9.72. The van der Waals surface area contributed by atoms with Crippen molar-refractivity contribution >= 4 is 0 Å². The van der Waals surface area contributed by atoms with Crippen molar-refractivity contribution in [3.8, 4) is 0 Å². The lowest BCUT2D eigenvalue weighted by Gasteiger charge is -2.35. The fourth-order valence-electron chi connectivity index (χ4n) is 3.07. The van der Waals surface area contributed by atoms with E-state index in [2.05, 4.69) is 25.2 Å². The van der Waals surface area contributed by atoms with Crippen LogP contribution in [0.3, 0.4) is 0 Å². The van der Waals surface area contributed by atoms with Gasteiger partial charge in [0.05, 0.1) is 0 Å². The molecule has 0 aromatic rings. The van der Waals surface area contributed by atoms with Gasteiger partial charge in [-0.25, -0.2) is 0 Å². The first-order valence-corrected chi connectivity index (χ1v) is 5.93. The lowest BCUT2D eigenvalue weighted by Crippen LogP contribution is -2.29. The molecule has 0 aliphatic heterocycles. The van der Waals surface area contributed by atoms with E-state index in [-0.39, 0.29) is 0 Å². The van der Waals surface area contributed by atoms with Gasteiger partial charge in [-0.05, 0) is 30.8 Å². The van der Waals surface area contributed by atoms with E-state index >= 15 is 0 Å². The molecule has 0 amide bonds. The molecule has 0 aromatic carbocycles. The summed E-state index contributed by atoms with van der Waals surface area (Å²) in [5.74, 6) is 2.11. The quantitative estimate of drug-likeness (QED) is 0.676. The Morgan fingerprint density at radius 1 is 1.21 bits per heavy atom. The molecule has 2 atom stereocenters. The van der Waals surface area contributed by atoms with Gasteiger partial charge in [0.1, 0.15) is 0 Å². The number of hydrogen-bond donors (Lipinski definition) is 1. The average Bonchev–Trinajstić information content (AvgIpc) is 2.19. The molecule has 2 aliphatic carbocycles. The van der Waals surface area contributed by atoms with Crippen LogP contribution in [0.15, 0.2) is 23.9 Å². The van der Waals surface area contributed by atoms with Crippen LogP contribution < -0.4 is 5.73 Å². The Kier molecular flexibility index (Phi) is 2.95. The molecule has 78 valence electrons. The Labute approximate surface area is 87.1 Å². The second-order valence-electron chi connectivity index (χ2n) is 4.83. The van der Waals surface area contributed by atoms with Crippen LogP contribution in [0.25, 0.3) is 0 Å².